The molecular weight excluding hydrogens is 455 g/mol. The topological polar surface area (TPSA) is 12.0 Å². The van der Waals surface area contributed by atoms with Crippen LogP contribution in [0, 0.1) is 9.39 Å². The lowest BCUT2D eigenvalue weighted by atomic mass is 9.99. The summed E-state index contributed by atoms with van der Waals surface area (Å²) in [5, 5.41) is 3.40. The molecule has 1 unspecified atom stereocenters. The van der Waals surface area contributed by atoms with E-state index in [1.54, 1.807) is 18.2 Å². The Morgan fingerprint density at radius 1 is 1.35 bits per heavy atom. The van der Waals surface area contributed by atoms with Crippen LogP contribution in [0.2, 0.25) is 5.02 Å². The predicted octanol–water partition coefficient (Wildman–Crippen LogP) is 5.35. The summed E-state index contributed by atoms with van der Waals surface area (Å²) >= 11 is 11.7. The molecule has 1 atom stereocenters. The highest BCUT2D eigenvalue weighted by Gasteiger charge is 2.16. The van der Waals surface area contributed by atoms with Crippen molar-refractivity contribution in [2.45, 2.75) is 12.5 Å². The summed E-state index contributed by atoms with van der Waals surface area (Å²) in [6, 6.07) is 11.3. The minimum Gasteiger partial charge on any atom is -0.313 e. The number of nitrogens with one attached hydrogen (secondary N) is 1. The maximum Gasteiger partial charge on any atom is 0.145 e. The monoisotopic (exact) mass is 467 g/mol. The maximum atomic E-state index is 14.0. The number of benzene rings is 2. The van der Waals surface area contributed by atoms with Crippen molar-refractivity contribution in [3.05, 3.63) is 66.4 Å². The largest absolute Gasteiger partial charge is 0.313 e. The Kier molecular flexibility index (Phi) is 5.84. The summed E-state index contributed by atoms with van der Waals surface area (Å²) in [5.41, 5.74) is 1.72. The normalized spacial score (nSPS) is 12.4. The predicted molar refractivity (Wildman–Crippen MR) is 93.8 cm³/mol. The van der Waals surface area contributed by atoms with Crippen molar-refractivity contribution in [2.75, 3.05) is 7.05 Å². The zero-order valence-corrected chi connectivity index (χ0v) is 15.3. The fourth-order valence-corrected chi connectivity index (χ4v) is 3.31. The summed E-state index contributed by atoms with van der Waals surface area (Å²) in [6.07, 6.45) is 0.543. The second kappa shape index (κ2) is 7.20. The van der Waals surface area contributed by atoms with Gasteiger partial charge in [-0.15, -0.1) is 0 Å². The molecule has 0 aliphatic heterocycles. The van der Waals surface area contributed by atoms with Crippen LogP contribution in [0.3, 0.4) is 0 Å². The molecule has 0 heterocycles. The second-order valence-corrected chi connectivity index (χ2v) is 6.93. The van der Waals surface area contributed by atoms with E-state index in [0.717, 1.165) is 13.6 Å². The molecule has 0 aliphatic carbocycles. The van der Waals surface area contributed by atoms with Gasteiger partial charge in [-0.3, -0.25) is 0 Å². The van der Waals surface area contributed by atoms with Gasteiger partial charge < -0.3 is 5.32 Å². The molecule has 20 heavy (non-hydrogen) atoms. The van der Waals surface area contributed by atoms with E-state index in [4.69, 9.17) is 11.6 Å². The second-order valence-electron chi connectivity index (χ2n) is 4.42. The third-order valence-corrected chi connectivity index (χ3v) is 4.82. The molecule has 0 radical (unpaired) electrons. The van der Waals surface area contributed by atoms with Gasteiger partial charge in [-0.2, -0.15) is 0 Å². The molecule has 2 aromatic carbocycles. The molecule has 0 saturated carbocycles. The molecular formula is C15H13BrClFIN. The average Bonchev–Trinajstić information content (AvgIpc) is 2.43. The van der Waals surface area contributed by atoms with Gasteiger partial charge in [0.2, 0.25) is 0 Å². The third-order valence-electron chi connectivity index (χ3n) is 3.14. The molecule has 0 aromatic heterocycles. The van der Waals surface area contributed by atoms with Crippen LogP contribution < -0.4 is 5.32 Å². The Balaban J connectivity index is 2.34. The number of halogens is 4. The van der Waals surface area contributed by atoms with E-state index in [1.165, 1.54) is 0 Å². The van der Waals surface area contributed by atoms with Crippen molar-refractivity contribution in [3.8, 4) is 0 Å². The quantitative estimate of drug-likeness (QED) is 0.597. The summed E-state index contributed by atoms with van der Waals surface area (Å²) in [5.74, 6) is -0.337. The molecule has 2 aromatic rings. The van der Waals surface area contributed by atoms with Gasteiger partial charge in [-0.1, -0.05) is 39.7 Å². The Labute approximate surface area is 145 Å². The van der Waals surface area contributed by atoms with Gasteiger partial charge in [0.1, 0.15) is 5.82 Å². The van der Waals surface area contributed by atoms with Crippen molar-refractivity contribution in [1.29, 1.82) is 0 Å². The molecule has 0 fully saturated rings. The van der Waals surface area contributed by atoms with Crippen molar-refractivity contribution >= 4 is 50.1 Å². The average molecular weight is 469 g/mol. The van der Waals surface area contributed by atoms with Crippen LogP contribution >= 0.6 is 50.1 Å². The first-order valence-corrected chi connectivity index (χ1v) is 8.33. The highest BCUT2D eigenvalue weighted by molar-refractivity contribution is 14.1. The first-order chi connectivity index (χ1) is 9.52. The summed E-state index contributed by atoms with van der Waals surface area (Å²) in [7, 11) is 1.87. The van der Waals surface area contributed by atoms with E-state index in [1.807, 2.05) is 19.2 Å². The number of likely N-dealkylation sites (N-methyl/N-ethyl adjacent to an activating group) is 1. The molecule has 0 amide bonds. The maximum absolute atomic E-state index is 14.0. The molecule has 5 heteroatoms. The summed E-state index contributed by atoms with van der Waals surface area (Å²) < 4.78 is 16.2. The van der Waals surface area contributed by atoms with E-state index in [2.05, 4.69) is 49.9 Å². The Bertz CT molecular complexity index is 621. The van der Waals surface area contributed by atoms with Crippen LogP contribution in [0.25, 0.3) is 0 Å². The Morgan fingerprint density at radius 2 is 2.10 bits per heavy atom. The van der Waals surface area contributed by atoms with Crippen molar-refractivity contribution in [2.24, 2.45) is 0 Å². The molecule has 0 aliphatic rings. The molecule has 106 valence electrons. The Hall–Kier alpha value is -0.170. The van der Waals surface area contributed by atoms with E-state index in [-0.39, 0.29) is 16.9 Å². The SMILES string of the molecule is CNC(Cc1cccc(Cl)c1F)c1cc(I)ccc1Br. The summed E-state index contributed by atoms with van der Waals surface area (Å²) in [6.45, 7) is 0. The lowest BCUT2D eigenvalue weighted by Crippen LogP contribution is -2.20. The zero-order valence-electron chi connectivity index (χ0n) is 10.8. The first-order valence-electron chi connectivity index (χ1n) is 6.08. The number of hydrogen-bond donors (Lipinski definition) is 1. The van der Waals surface area contributed by atoms with Crippen LogP contribution in [0.15, 0.2) is 40.9 Å². The molecule has 0 saturated heterocycles. The summed E-state index contributed by atoms with van der Waals surface area (Å²) in [4.78, 5) is 0. The number of hydrogen-bond acceptors (Lipinski definition) is 1. The van der Waals surface area contributed by atoms with Gasteiger partial charge in [-0.05, 0) is 71.5 Å². The van der Waals surface area contributed by atoms with Crippen molar-refractivity contribution in [3.63, 3.8) is 0 Å². The van der Waals surface area contributed by atoms with Gasteiger partial charge in [0.25, 0.3) is 0 Å². The lowest BCUT2D eigenvalue weighted by Gasteiger charge is -2.19. The van der Waals surface area contributed by atoms with Gasteiger partial charge >= 0.3 is 0 Å². The number of rotatable bonds is 4. The van der Waals surface area contributed by atoms with E-state index in [0.29, 0.717) is 12.0 Å². The van der Waals surface area contributed by atoms with E-state index >= 15 is 0 Å². The molecule has 1 nitrogen and oxygen atoms in total. The minimum atomic E-state index is -0.337. The molecule has 2 rings (SSSR count). The highest BCUT2D eigenvalue weighted by atomic mass is 127. The van der Waals surface area contributed by atoms with Gasteiger partial charge in [-0.25, -0.2) is 4.39 Å². The fraction of sp³-hybridized carbons (Fsp3) is 0.200. The lowest BCUT2D eigenvalue weighted by molar-refractivity contribution is 0.553. The van der Waals surface area contributed by atoms with E-state index in [9.17, 15) is 4.39 Å². The van der Waals surface area contributed by atoms with Gasteiger partial charge in [0.05, 0.1) is 5.02 Å². The van der Waals surface area contributed by atoms with Crippen LogP contribution in [-0.2, 0) is 6.42 Å². The van der Waals surface area contributed by atoms with Gasteiger partial charge in [0, 0.05) is 14.1 Å². The molecule has 1 N–H and O–H groups in total. The first kappa shape index (κ1) is 16.2. The molecule has 0 bridgehead atoms. The highest BCUT2D eigenvalue weighted by Crippen LogP contribution is 2.29. The molecule has 0 spiro atoms. The van der Waals surface area contributed by atoms with Crippen molar-refractivity contribution < 1.29 is 4.39 Å². The third kappa shape index (κ3) is 3.72. The van der Waals surface area contributed by atoms with Crippen LogP contribution in [-0.4, -0.2) is 7.05 Å². The van der Waals surface area contributed by atoms with Crippen LogP contribution in [0.5, 0.6) is 0 Å². The van der Waals surface area contributed by atoms with Crippen molar-refractivity contribution in [1.82, 2.24) is 5.32 Å². The zero-order chi connectivity index (χ0) is 14.7. The Morgan fingerprint density at radius 3 is 2.80 bits per heavy atom. The smallest absolute Gasteiger partial charge is 0.145 e. The van der Waals surface area contributed by atoms with Gasteiger partial charge in [0.15, 0.2) is 0 Å². The van der Waals surface area contributed by atoms with Crippen LogP contribution in [0.4, 0.5) is 4.39 Å². The minimum absolute atomic E-state index is 0.0204. The fourth-order valence-electron chi connectivity index (χ4n) is 2.08. The standard InChI is InChI=1S/C15H13BrClFIN/c1-20-14(11-8-10(19)5-6-12(11)16)7-9-3-2-4-13(17)15(9)18/h2-6,8,14,20H,7H2,1H3. The van der Waals surface area contributed by atoms with E-state index < -0.39 is 0 Å². The van der Waals surface area contributed by atoms with Crippen LogP contribution in [0.1, 0.15) is 17.2 Å².